The highest BCUT2D eigenvalue weighted by Crippen LogP contribution is 2.26. The number of halogens is 2. The van der Waals surface area contributed by atoms with Crippen LogP contribution in [0.25, 0.3) is 16.7 Å². The van der Waals surface area contributed by atoms with Crippen LogP contribution >= 0.6 is 23.2 Å². The maximum absolute atomic E-state index is 12.9. The van der Waals surface area contributed by atoms with Crippen LogP contribution in [0.5, 0.6) is 0 Å². The van der Waals surface area contributed by atoms with E-state index >= 15 is 0 Å². The van der Waals surface area contributed by atoms with E-state index in [2.05, 4.69) is 10.1 Å². The molecule has 4 aromatic rings. The van der Waals surface area contributed by atoms with Crippen molar-refractivity contribution in [3.05, 3.63) is 91.1 Å². The summed E-state index contributed by atoms with van der Waals surface area (Å²) in [4.78, 5) is 27.9. The molecule has 2 aromatic heterocycles. The van der Waals surface area contributed by atoms with Gasteiger partial charge >= 0.3 is 0 Å². The second-order valence-corrected chi connectivity index (χ2v) is 6.73. The second kappa shape index (κ2) is 7.06. The zero-order valence-corrected chi connectivity index (χ0v) is 15.6. The minimum atomic E-state index is -0.510. The van der Waals surface area contributed by atoms with Crippen molar-refractivity contribution in [2.75, 3.05) is 0 Å². The largest absolute Gasteiger partial charge is 0.294 e. The van der Waals surface area contributed by atoms with Crippen molar-refractivity contribution in [2.24, 2.45) is 0 Å². The Morgan fingerprint density at radius 3 is 2.50 bits per heavy atom. The summed E-state index contributed by atoms with van der Waals surface area (Å²) < 4.78 is 2.64. The lowest BCUT2D eigenvalue weighted by molar-refractivity contribution is -0.384. The Hall–Kier alpha value is -3.23. The average Bonchev–Trinajstić information content (AvgIpc) is 3.11. The van der Waals surface area contributed by atoms with E-state index in [1.807, 2.05) is 0 Å². The van der Waals surface area contributed by atoms with Gasteiger partial charge in [-0.2, -0.15) is 5.10 Å². The average molecular weight is 416 g/mol. The van der Waals surface area contributed by atoms with Gasteiger partial charge in [-0.25, -0.2) is 9.67 Å². The van der Waals surface area contributed by atoms with Gasteiger partial charge in [-0.3, -0.25) is 19.5 Å². The molecule has 0 bridgehead atoms. The SMILES string of the molecule is O=c1c2cnn(-c3ccccc3[N+](=O)[O-])c2ncn1Cc1c(Cl)cccc1Cl. The van der Waals surface area contributed by atoms with E-state index in [1.165, 1.54) is 27.8 Å². The monoisotopic (exact) mass is 415 g/mol. The third-order valence-electron chi connectivity index (χ3n) is 4.25. The fourth-order valence-corrected chi connectivity index (χ4v) is 3.41. The Morgan fingerprint density at radius 2 is 1.79 bits per heavy atom. The van der Waals surface area contributed by atoms with E-state index < -0.39 is 4.92 Å². The molecular weight excluding hydrogens is 405 g/mol. The molecule has 0 amide bonds. The van der Waals surface area contributed by atoms with Gasteiger partial charge in [-0.05, 0) is 18.2 Å². The molecule has 0 atom stereocenters. The Kier molecular flexibility index (Phi) is 4.58. The molecule has 0 radical (unpaired) electrons. The van der Waals surface area contributed by atoms with Crippen LogP contribution in [0.15, 0.2) is 59.8 Å². The lowest BCUT2D eigenvalue weighted by Gasteiger charge is -2.09. The number of hydrogen-bond donors (Lipinski definition) is 0. The molecule has 2 heterocycles. The van der Waals surface area contributed by atoms with Crippen molar-refractivity contribution in [2.45, 2.75) is 6.54 Å². The highest BCUT2D eigenvalue weighted by atomic mass is 35.5. The summed E-state index contributed by atoms with van der Waals surface area (Å²) in [6, 6.07) is 11.2. The first-order valence-electron chi connectivity index (χ1n) is 8.07. The lowest BCUT2D eigenvalue weighted by atomic mass is 10.2. The Bertz CT molecular complexity index is 1260. The molecule has 0 saturated carbocycles. The van der Waals surface area contributed by atoms with Crippen LogP contribution in [0.2, 0.25) is 10.0 Å². The van der Waals surface area contributed by atoms with E-state index in [4.69, 9.17) is 23.2 Å². The molecular formula is C18H11Cl2N5O3. The topological polar surface area (TPSA) is 95.8 Å². The summed E-state index contributed by atoms with van der Waals surface area (Å²) in [5.41, 5.74) is 0.550. The minimum absolute atomic E-state index is 0.136. The molecule has 0 spiro atoms. The molecule has 2 aromatic carbocycles. The van der Waals surface area contributed by atoms with Gasteiger partial charge in [0.2, 0.25) is 0 Å². The zero-order valence-electron chi connectivity index (χ0n) is 14.1. The van der Waals surface area contributed by atoms with Crippen molar-refractivity contribution in [1.82, 2.24) is 19.3 Å². The molecule has 8 nitrogen and oxygen atoms in total. The quantitative estimate of drug-likeness (QED) is 0.372. The van der Waals surface area contributed by atoms with Crippen molar-refractivity contribution in [3.63, 3.8) is 0 Å². The van der Waals surface area contributed by atoms with E-state index in [1.54, 1.807) is 36.4 Å². The molecule has 28 heavy (non-hydrogen) atoms. The molecule has 0 unspecified atom stereocenters. The fraction of sp³-hybridized carbons (Fsp3) is 0.0556. The van der Waals surface area contributed by atoms with Gasteiger partial charge in [0, 0.05) is 21.7 Å². The van der Waals surface area contributed by atoms with Crippen LogP contribution in [-0.4, -0.2) is 24.3 Å². The van der Waals surface area contributed by atoms with Crippen LogP contribution < -0.4 is 5.56 Å². The van der Waals surface area contributed by atoms with E-state index in [-0.39, 0.29) is 34.5 Å². The van der Waals surface area contributed by atoms with Crippen molar-refractivity contribution < 1.29 is 4.92 Å². The van der Waals surface area contributed by atoms with Crippen molar-refractivity contribution >= 4 is 39.9 Å². The van der Waals surface area contributed by atoms with E-state index in [0.717, 1.165) is 0 Å². The number of fused-ring (bicyclic) bond motifs is 1. The molecule has 10 heteroatoms. The van der Waals surface area contributed by atoms with Crippen LogP contribution in [0.4, 0.5) is 5.69 Å². The van der Waals surface area contributed by atoms with Gasteiger partial charge in [0.15, 0.2) is 5.65 Å². The Balaban J connectivity index is 1.84. The summed E-state index contributed by atoms with van der Waals surface area (Å²) in [5, 5.41) is 16.5. The second-order valence-electron chi connectivity index (χ2n) is 5.92. The van der Waals surface area contributed by atoms with Gasteiger partial charge in [-0.15, -0.1) is 0 Å². The number of benzene rings is 2. The fourth-order valence-electron chi connectivity index (χ4n) is 2.89. The summed E-state index contributed by atoms with van der Waals surface area (Å²) in [5.74, 6) is 0. The Labute approximate surface area is 167 Å². The molecule has 0 aliphatic heterocycles. The number of rotatable bonds is 4. The number of hydrogen-bond acceptors (Lipinski definition) is 5. The summed E-state index contributed by atoms with van der Waals surface area (Å²) >= 11 is 12.4. The number of nitro groups is 1. The van der Waals surface area contributed by atoms with Crippen molar-refractivity contribution in [1.29, 1.82) is 0 Å². The third-order valence-corrected chi connectivity index (χ3v) is 4.96. The zero-order chi connectivity index (χ0) is 19.8. The smallest absolute Gasteiger partial charge is 0.294 e. The summed E-state index contributed by atoms with van der Waals surface area (Å²) in [7, 11) is 0. The molecule has 0 aliphatic carbocycles. The number of nitro benzene ring substituents is 1. The number of aromatic nitrogens is 4. The lowest BCUT2D eigenvalue weighted by Crippen LogP contribution is -2.21. The summed E-state index contributed by atoms with van der Waals surface area (Å²) in [6.07, 6.45) is 2.68. The molecule has 0 aliphatic rings. The van der Waals surface area contributed by atoms with Gasteiger partial charge in [0.05, 0.1) is 17.7 Å². The van der Waals surface area contributed by atoms with Crippen LogP contribution in [-0.2, 0) is 6.54 Å². The highest BCUT2D eigenvalue weighted by Gasteiger charge is 2.19. The summed E-state index contributed by atoms with van der Waals surface area (Å²) in [6.45, 7) is 0.136. The first-order valence-corrected chi connectivity index (χ1v) is 8.83. The van der Waals surface area contributed by atoms with E-state index in [9.17, 15) is 14.9 Å². The van der Waals surface area contributed by atoms with Crippen LogP contribution in [0, 0.1) is 10.1 Å². The van der Waals surface area contributed by atoms with Gasteiger partial charge in [0.1, 0.15) is 17.4 Å². The number of nitrogens with zero attached hydrogens (tertiary/aromatic N) is 5. The standard InChI is InChI=1S/C18H11Cl2N5O3/c19-13-4-3-5-14(20)12(13)9-23-10-21-17-11(18(23)26)8-22-24(17)15-6-1-2-7-16(15)25(27)28/h1-8,10H,9H2. The molecule has 0 saturated heterocycles. The predicted molar refractivity (Wildman–Crippen MR) is 105 cm³/mol. The normalized spacial score (nSPS) is 11.1. The minimum Gasteiger partial charge on any atom is -0.294 e. The molecule has 4 rings (SSSR count). The first-order chi connectivity index (χ1) is 13.5. The maximum Gasteiger partial charge on any atom is 0.294 e. The van der Waals surface area contributed by atoms with Gasteiger partial charge < -0.3 is 0 Å². The van der Waals surface area contributed by atoms with Crippen molar-refractivity contribution in [3.8, 4) is 5.69 Å². The molecule has 0 N–H and O–H groups in total. The predicted octanol–water partition coefficient (Wildman–Crippen LogP) is 3.85. The van der Waals surface area contributed by atoms with Crippen LogP contribution in [0.1, 0.15) is 5.56 Å². The van der Waals surface area contributed by atoms with E-state index in [0.29, 0.717) is 15.6 Å². The number of para-hydroxylation sites is 2. The molecule has 140 valence electrons. The molecule has 0 fully saturated rings. The third kappa shape index (κ3) is 3.02. The van der Waals surface area contributed by atoms with Crippen LogP contribution in [0.3, 0.4) is 0 Å². The highest BCUT2D eigenvalue weighted by molar-refractivity contribution is 6.35. The Morgan fingerprint density at radius 1 is 1.07 bits per heavy atom. The van der Waals surface area contributed by atoms with Gasteiger partial charge in [0.25, 0.3) is 11.2 Å². The van der Waals surface area contributed by atoms with Gasteiger partial charge in [-0.1, -0.05) is 41.4 Å². The first kappa shape index (κ1) is 18.1. The maximum atomic E-state index is 12.9.